The summed E-state index contributed by atoms with van der Waals surface area (Å²) in [5.74, 6) is 0. The molecule has 0 aliphatic heterocycles. The van der Waals surface area contributed by atoms with Crippen LogP contribution in [0.4, 0.5) is 0 Å². The summed E-state index contributed by atoms with van der Waals surface area (Å²) in [5.41, 5.74) is 0. The molecule has 0 heterocycles. The van der Waals surface area contributed by atoms with Gasteiger partial charge < -0.3 is 2.85 Å². The van der Waals surface area contributed by atoms with Crippen LogP contribution in [0.25, 0.3) is 0 Å². The van der Waals surface area contributed by atoms with Gasteiger partial charge in [-0.2, -0.15) is 6.08 Å². The maximum absolute atomic E-state index is 2.99. The predicted octanol–water partition coefficient (Wildman–Crippen LogP) is 1.53. The Morgan fingerprint density at radius 1 is 1.67 bits per heavy atom. The van der Waals surface area contributed by atoms with Crippen LogP contribution in [-0.4, -0.2) is 0 Å². The van der Waals surface area contributed by atoms with Crippen molar-refractivity contribution in [1.82, 2.24) is 0 Å². The molecule has 1 rings (SSSR count). The van der Waals surface area contributed by atoms with Crippen LogP contribution >= 0.6 is 0 Å². The number of allylic oxidation sites excluding steroid dienone is 4. The van der Waals surface area contributed by atoms with Crippen LogP contribution < -0.4 is 0 Å². The van der Waals surface area contributed by atoms with Gasteiger partial charge in [-0.15, -0.1) is 6.42 Å². The van der Waals surface area contributed by atoms with Gasteiger partial charge in [0.2, 0.25) is 0 Å². The first-order valence-electron chi connectivity index (χ1n) is 1.72. The molecular weight excluding hydrogens is 163 g/mol. The zero-order chi connectivity index (χ0) is 3.54. The van der Waals surface area contributed by atoms with Gasteiger partial charge in [0.05, 0.1) is 0 Å². The van der Waals surface area contributed by atoms with Crippen molar-refractivity contribution < 1.29 is 22.3 Å². The van der Waals surface area contributed by atoms with E-state index >= 15 is 0 Å². The predicted molar refractivity (Wildman–Crippen MR) is 23.8 cm³/mol. The average molecular weight is 170 g/mol. The molecule has 39 valence electrons. The van der Waals surface area contributed by atoms with E-state index in [2.05, 4.69) is 12.2 Å². The fourth-order valence-corrected chi connectivity index (χ4v) is 0.340. The van der Waals surface area contributed by atoms with Crippen LogP contribution in [0.5, 0.6) is 0 Å². The summed E-state index contributed by atoms with van der Waals surface area (Å²) < 4.78 is 0. The Labute approximate surface area is 53.7 Å². The summed E-state index contributed by atoms with van der Waals surface area (Å²) in [4.78, 5) is 0. The molecular formula is C5H7Rh-3. The van der Waals surface area contributed by atoms with Crippen LogP contribution in [0.1, 0.15) is 9.27 Å². The van der Waals surface area contributed by atoms with Crippen LogP contribution in [0.15, 0.2) is 18.2 Å². The van der Waals surface area contributed by atoms with Crippen LogP contribution in [0.3, 0.4) is 0 Å². The van der Waals surface area contributed by atoms with Gasteiger partial charge in [-0.25, -0.2) is 12.2 Å². The van der Waals surface area contributed by atoms with Gasteiger partial charge in [0.15, 0.2) is 0 Å². The van der Waals surface area contributed by atoms with E-state index < -0.39 is 0 Å². The van der Waals surface area contributed by atoms with Crippen molar-refractivity contribution in [2.75, 3.05) is 0 Å². The third kappa shape index (κ3) is 1.52. The van der Waals surface area contributed by atoms with Gasteiger partial charge in [-0.3, -0.25) is 6.08 Å². The van der Waals surface area contributed by atoms with Crippen molar-refractivity contribution in [1.29, 1.82) is 0 Å². The molecule has 0 aromatic rings. The van der Waals surface area contributed by atoms with Crippen LogP contribution in [0, 0.1) is 6.08 Å². The molecule has 0 saturated heterocycles. The number of rotatable bonds is 0. The molecule has 1 radical (unpaired) electrons. The molecule has 6 heavy (non-hydrogen) atoms. The smallest absolute Gasteiger partial charge is 0 e. The largest absolute Gasteiger partial charge is 1.00 e. The fourth-order valence-electron chi connectivity index (χ4n) is 0.340. The third-order valence-electron chi connectivity index (χ3n) is 0.586. The summed E-state index contributed by atoms with van der Waals surface area (Å²) in [7, 11) is 0. The van der Waals surface area contributed by atoms with E-state index in [9.17, 15) is 0 Å². The van der Waals surface area contributed by atoms with Crippen molar-refractivity contribution in [2.24, 2.45) is 0 Å². The molecule has 1 heteroatoms. The number of hydrogen-bond donors (Lipinski definition) is 0. The molecule has 0 aromatic carbocycles. The first-order valence-corrected chi connectivity index (χ1v) is 1.72. The van der Waals surface area contributed by atoms with Crippen molar-refractivity contribution in [2.45, 2.75) is 6.42 Å². The summed E-state index contributed by atoms with van der Waals surface area (Å²) in [6.07, 6.45) is 10.0. The van der Waals surface area contributed by atoms with Gasteiger partial charge in [-0.05, 0) is 0 Å². The van der Waals surface area contributed by atoms with Crippen molar-refractivity contribution in [3.05, 3.63) is 24.3 Å². The molecule has 1 aliphatic carbocycles. The molecule has 0 unspecified atom stereocenters. The zero-order valence-corrected chi connectivity index (χ0v) is 4.91. The Hall–Kier alpha value is 0.103. The Morgan fingerprint density at radius 2 is 2.50 bits per heavy atom. The van der Waals surface area contributed by atoms with Crippen LogP contribution in [0.2, 0.25) is 0 Å². The Balaban J connectivity index is -0.0000000833. The molecule has 0 fully saturated rings. The topological polar surface area (TPSA) is 0 Å². The molecule has 0 amide bonds. The van der Waals surface area contributed by atoms with E-state index in [1.54, 1.807) is 0 Å². The molecule has 0 bridgehead atoms. The monoisotopic (exact) mass is 170 g/mol. The van der Waals surface area contributed by atoms with E-state index in [1.165, 1.54) is 0 Å². The minimum absolute atomic E-state index is 0. The summed E-state index contributed by atoms with van der Waals surface area (Å²) in [6.45, 7) is 0. The summed E-state index contributed by atoms with van der Waals surface area (Å²) in [5, 5.41) is 0. The van der Waals surface area contributed by atoms with Gasteiger partial charge in [0.1, 0.15) is 0 Å². The second-order valence-electron chi connectivity index (χ2n) is 1.00. The molecule has 0 atom stereocenters. The second-order valence-corrected chi connectivity index (χ2v) is 1.00. The minimum Gasteiger partial charge on any atom is -1.00 e. The van der Waals surface area contributed by atoms with Gasteiger partial charge in [-0.1, -0.05) is 0 Å². The molecule has 0 nitrogen and oxygen atoms in total. The fraction of sp³-hybridized carbons (Fsp3) is 0.200. The Bertz CT molecular complexity index is 68.5. The van der Waals surface area contributed by atoms with E-state index in [-0.39, 0.29) is 22.3 Å². The average Bonchev–Trinajstić information content (AvgIpc) is 1.76. The van der Waals surface area contributed by atoms with Crippen LogP contribution in [-0.2, 0) is 19.5 Å². The van der Waals surface area contributed by atoms with E-state index in [1.807, 2.05) is 12.2 Å². The third-order valence-corrected chi connectivity index (χ3v) is 0.586. The maximum Gasteiger partial charge on any atom is 0 e. The molecule has 0 saturated carbocycles. The minimum atomic E-state index is 0. The Kier molecular flexibility index (Phi) is 3.36. The first-order chi connectivity index (χ1) is 2.50. The zero-order valence-electron chi connectivity index (χ0n) is 5.27. The van der Waals surface area contributed by atoms with Gasteiger partial charge in [0, 0.05) is 19.5 Å². The summed E-state index contributed by atoms with van der Waals surface area (Å²) in [6, 6.07) is 0. The normalized spacial score (nSPS) is 14.7. The van der Waals surface area contributed by atoms with E-state index in [4.69, 9.17) is 0 Å². The van der Waals surface area contributed by atoms with E-state index in [0.717, 1.165) is 6.42 Å². The van der Waals surface area contributed by atoms with Crippen molar-refractivity contribution in [3.8, 4) is 0 Å². The van der Waals surface area contributed by atoms with Crippen molar-refractivity contribution in [3.63, 3.8) is 0 Å². The SMILES string of the molecule is [C-]1=CC=CC1.[H-].[H-].[Rh]. The standard InChI is InChI=1S/C5H5.Rh.2H/c1-2-4-5-3-1;;;/h1-3H,4H2;;;/q-1;;2*-1. The number of hydrogen-bond acceptors (Lipinski definition) is 0. The van der Waals surface area contributed by atoms with Gasteiger partial charge in [0.25, 0.3) is 0 Å². The quantitative estimate of drug-likeness (QED) is 0.382. The van der Waals surface area contributed by atoms with E-state index in [0.29, 0.717) is 0 Å². The first kappa shape index (κ1) is 6.10. The second kappa shape index (κ2) is 3.30. The summed E-state index contributed by atoms with van der Waals surface area (Å²) >= 11 is 0. The Morgan fingerprint density at radius 3 is 2.67 bits per heavy atom. The maximum atomic E-state index is 2.99. The molecule has 0 aromatic heterocycles. The molecule has 0 spiro atoms. The molecule has 0 N–H and O–H groups in total. The van der Waals surface area contributed by atoms with Crippen molar-refractivity contribution >= 4 is 0 Å². The molecule has 1 aliphatic rings. The van der Waals surface area contributed by atoms with Gasteiger partial charge >= 0.3 is 0 Å².